The SMILES string of the molecule is O=[N+]([O-])c1ccc(F)c(C(O)C(O)CCS)c1. The molecule has 0 aromatic heterocycles. The third-order valence-electron chi connectivity index (χ3n) is 2.30. The molecule has 0 fully saturated rings. The van der Waals surface area contributed by atoms with Gasteiger partial charge in [-0.2, -0.15) is 12.6 Å². The van der Waals surface area contributed by atoms with Gasteiger partial charge in [0.2, 0.25) is 0 Å². The van der Waals surface area contributed by atoms with Crippen LogP contribution in [-0.4, -0.2) is 27.0 Å². The van der Waals surface area contributed by atoms with Crippen LogP contribution < -0.4 is 0 Å². The van der Waals surface area contributed by atoms with E-state index < -0.39 is 22.9 Å². The number of benzene rings is 1. The quantitative estimate of drug-likeness (QED) is 0.425. The Morgan fingerprint density at radius 3 is 2.65 bits per heavy atom. The standard InChI is InChI=1S/C10H12FNO4S/c11-8-2-1-6(12(15)16)5-7(8)10(14)9(13)3-4-17/h1-2,5,9-10,13-14,17H,3-4H2. The summed E-state index contributed by atoms with van der Waals surface area (Å²) < 4.78 is 13.4. The monoisotopic (exact) mass is 261 g/mol. The van der Waals surface area contributed by atoms with Crippen molar-refractivity contribution in [3.05, 3.63) is 39.7 Å². The number of rotatable bonds is 5. The van der Waals surface area contributed by atoms with Gasteiger partial charge in [0, 0.05) is 17.7 Å². The number of thiol groups is 1. The van der Waals surface area contributed by atoms with E-state index in [1.807, 2.05) is 0 Å². The van der Waals surface area contributed by atoms with Crippen molar-refractivity contribution in [1.82, 2.24) is 0 Å². The van der Waals surface area contributed by atoms with E-state index in [9.17, 15) is 24.7 Å². The van der Waals surface area contributed by atoms with Gasteiger partial charge in [0.1, 0.15) is 11.9 Å². The largest absolute Gasteiger partial charge is 0.390 e. The van der Waals surface area contributed by atoms with E-state index in [4.69, 9.17) is 0 Å². The molecule has 1 aromatic carbocycles. The van der Waals surface area contributed by atoms with Crippen LogP contribution in [0.4, 0.5) is 10.1 Å². The summed E-state index contributed by atoms with van der Waals surface area (Å²) in [7, 11) is 0. The molecule has 5 nitrogen and oxygen atoms in total. The molecule has 1 rings (SSSR count). The zero-order chi connectivity index (χ0) is 13.0. The van der Waals surface area contributed by atoms with Gasteiger partial charge in [-0.05, 0) is 18.2 Å². The van der Waals surface area contributed by atoms with Crippen LogP contribution in [-0.2, 0) is 0 Å². The smallest absolute Gasteiger partial charge is 0.270 e. The first kappa shape index (κ1) is 13.9. The fourth-order valence-electron chi connectivity index (χ4n) is 1.37. The highest BCUT2D eigenvalue weighted by Crippen LogP contribution is 2.26. The molecule has 2 atom stereocenters. The van der Waals surface area contributed by atoms with Crippen LogP contribution in [0.15, 0.2) is 18.2 Å². The average molecular weight is 261 g/mol. The van der Waals surface area contributed by atoms with Crippen molar-refractivity contribution in [1.29, 1.82) is 0 Å². The van der Waals surface area contributed by atoms with Crippen molar-refractivity contribution in [3.8, 4) is 0 Å². The summed E-state index contributed by atoms with van der Waals surface area (Å²) in [4.78, 5) is 9.82. The number of hydrogen-bond donors (Lipinski definition) is 3. The lowest BCUT2D eigenvalue weighted by molar-refractivity contribution is -0.385. The van der Waals surface area contributed by atoms with Gasteiger partial charge in [0.05, 0.1) is 11.0 Å². The van der Waals surface area contributed by atoms with Crippen LogP contribution in [0.5, 0.6) is 0 Å². The lowest BCUT2D eigenvalue weighted by Gasteiger charge is -2.17. The van der Waals surface area contributed by atoms with E-state index >= 15 is 0 Å². The second kappa shape index (κ2) is 5.95. The summed E-state index contributed by atoms with van der Waals surface area (Å²) in [5, 5.41) is 29.7. The summed E-state index contributed by atoms with van der Waals surface area (Å²) in [6.07, 6.45) is -2.54. The Hall–Kier alpha value is -1.18. The van der Waals surface area contributed by atoms with Crippen molar-refractivity contribution in [2.24, 2.45) is 0 Å². The molecule has 0 radical (unpaired) electrons. The van der Waals surface area contributed by atoms with Crippen LogP contribution in [0.3, 0.4) is 0 Å². The Balaban J connectivity index is 3.03. The zero-order valence-electron chi connectivity index (χ0n) is 8.78. The van der Waals surface area contributed by atoms with Gasteiger partial charge in [-0.3, -0.25) is 10.1 Å². The molecule has 0 heterocycles. The molecule has 0 aliphatic rings. The fraction of sp³-hybridized carbons (Fsp3) is 0.400. The van der Waals surface area contributed by atoms with Crippen molar-refractivity contribution >= 4 is 18.3 Å². The Kier molecular flexibility index (Phi) is 4.86. The molecule has 17 heavy (non-hydrogen) atoms. The minimum atomic E-state index is -1.50. The molecule has 0 amide bonds. The van der Waals surface area contributed by atoms with E-state index in [-0.39, 0.29) is 17.7 Å². The van der Waals surface area contributed by atoms with Gasteiger partial charge in [0.15, 0.2) is 0 Å². The first-order chi connectivity index (χ1) is 7.97. The minimum absolute atomic E-state index is 0.159. The number of nitro groups is 1. The first-order valence-electron chi connectivity index (χ1n) is 4.88. The average Bonchev–Trinajstić information content (AvgIpc) is 2.28. The number of nitrogens with zero attached hydrogens (tertiary/aromatic N) is 1. The molecule has 0 aliphatic heterocycles. The van der Waals surface area contributed by atoms with E-state index in [1.165, 1.54) is 0 Å². The second-order valence-corrected chi connectivity index (χ2v) is 3.93. The van der Waals surface area contributed by atoms with Gasteiger partial charge in [-0.25, -0.2) is 4.39 Å². The topological polar surface area (TPSA) is 83.6 Å². The number of hydrogen-bond acceptors (Lipinski definition) is 5. The van der Waals surface area contributed by atoms with Crippen LogP contribution >= 0.6 is 12.6 Å². The minimum Gasteiger partial charge on any atom is -0.390 e. The van der Waals surface area contributed by atoms with Gasteiger partial charge < -0.3 is 10.2 Å². The molecule has 2 unspecified atom stereocenters. The fourth-order valence-corrected chi connectivity index (χ4v) is 1.63. The highest BCUT2D eigenvalue weighted by Gasteiger charge is 2.23. The summed E-state index contributed by atoms with van der Waals surface area (Å²) >= 11 is 3.87. The third-order valence-corrected chi connectivity index (χ3v) is 2.56. The zero-order valence-corrected chi connectivity index (χ0v) is 9.68. The summed E-state index contributed by atoms with van der Waals surface area (Å²) in [5.74, 6) is -0.476. The normalized spacial score (nSPS) is 14.4. The number of nitro benzene ring substituents is 1. The number of aliphatic hydroxyl groups excluding tert-OH is 2. The Morgan fingerprint density at radius 2 is 2.12 bits per heavy atom. The van der Waals surface area contributed by atoms with Crippen molar-refractivity contribution in [2.45, 2.75) is 18.6 Å². The molecular formula is C10H12FNO4S. The molecule has 1 aromatic rings. The Bertz CT molecular complexity index is 415. The lowest BCUT2D eigenvalue weighted by atomic mass is 10.0. The molecule has 94 valence electrons. The van der Waals surface area contributed by atoms with Crippen molar-refractivity contribution < 1.29 is 19.5 Å². The van der Waals surface area contributed by atoms with Gasteiger partial charge in [-0.1, -0.05) is 0 Å². The van der Waals surface area contributed by atoms with Crippen LogP contribution in [0, 0.1) is 15.9 Å². The van der Waals surface area contributed by atoms with E-state index in [1.54, 1.807) is 0 Å². The molecule has 0 saturated carbocycles. The summed E-state index contributed by atoms with van der Waals surface area (Å²) in [6, 6.07) is 2.81. The third kappa shape index (κ3) is 3.39. The summed E-state index contributed by atoms with van der Waals surface area (Å²) in [6.45, 7) is 0. The number of non-ortho nitro benzene ring substituents is 1. The predicted molar refractivity (Wildman–Crippen MR) is 62.5 cm³/mol. The Labute approximate surface area is 102 Å². The number of aliphatic hydroxyl groups is 2. The highest BCUT2D eigenvalue weighted by atomic mass is 32.1. The van der Waals surface area contributed by atoms with Crippen LogP contribution in [0.2, 0.25) is 0 Å². The van der Waals surface area contributed by atoms with Crippen molar-refractivity contribution in [2.75, 3.05) is 5.75 Å². The van der Waals surface area contributed by atoms with Crippen LogP contribution in [0.25, 0.3) is 0 Å². The molecule has 0 spiro atoms. The van der Waals surface area contributed by atoms with E-state index in [2.05, 4.69) is 12.6 Å². The van der Waals surface area contributed by atoms with Gasteiger partial charge in [0.25, 0.3) is 5.69 Å². The highest BCUT2D eigenvalue weighted by molar-refractivity contribution is 7.80. The lowest BCUT2D eigenvalue weighted by Crippen LogP contribution is -2.19. The molecule has 0 saturated heterocycles. The molecular weight excluding hydrogens is 249 g/mol. The van der Waals surface area contributed by atoms with E-state index in [0.29, 0.717) is 5.75 Å². The maximum Gasteiger partial charge on any atom is 0.270 e. The number of halogens is 1. The van der Waals surface area contributed by atoms with Gasteiger partial charge in [-0.15, -0.1) is 0 Å². The Morgan fingerprint density at radius 1 is 1.47 bits per heavy atom. The summed E-state index contributed by atoms with van der Waals surface area (Å²) in [5.41, 5.74) is -0.619. The van der Waals surface area contributed by atoms with Gasteiger partial charge >= 0.3 is 0 Å². The maximum atomic E-state index is 13.4. The molecule has 7 heteroatoms. The maximum absolute atomic E-state index is 13.4. The molecule has 2 N–H and O–H groups in total. The second-order valence-electron chi connectivity index (χ2n) is 3.49. The predicted octanol–water partition coefficient (Wildman–Crippen LogP) is 1.45. The molecule has 0 aliphatic carbocycles. The molecule has 0 bridgehead atoms. The van der Waals surface area contributed by atoms with Crippen LogP contribution in [0.1, 0.15) is 18.1 Å². The first-order valence-corrected chi connectivity index (χ1v) is 5.51. The van der Waals surface area contributed by atoms with Crippen molar-refractivity contribution in [3.63, 3.8) is 0 Å². The van der Waals surface area contributed by atoms with E-state index in [0.717, 1.165) is 18.2 Å².